The highest BCUT2D eigenvalue weighted by Gasteiger charge is 2.22. The van der Waals surface area contributed by atoms with Crippen molar-refractivity contribution in [3.63, 3.8) is 0 Å². The Morgan fingerprint density at radius 2 is 1.85 bits per heavy atom. The number of nitrogen functional groups attached to an aromatic ring is 1. The molecule has 0 saturated heterocycles. The van der Waals surface area contributed by atoms with Crippen molar-refractivity contribution in [2.24, 2.45) is 0 Å². The van der Waals surface area contributed by atoms with Gasteiger partial charge in [0.1, 0.15) is 0 Å². The zero-order chi connectivity index (χ0) is 18.5. The SMILES string of the molecule is CCc1ccc(C(=O)CCC(=O)NC2CCCc3cc(N)ccc32)cc1.Cl. The van der Waals surface area contributed by atoms with E-state index in [1.807, 2.05) is 42.5 Å². The van der Waals surface area contributed by atoms with Gasteiger partial charge in [-0.2, -0.15) is 0 Å². The lowest BCUT2D eigenvalue weighted by Gasteiger charge is -2.26. The number of benzene rings is 2. The first-order valence-electron chi connectivity index (χ1n) is 9.36. The van der Waals surface area contributed by atoms with Gasteiger partial charge in [-0.05, 0) is 54.5 Å². The molecule has 0 aliphatic heterocycles. The molecule has 2 aromatic rings. The van der Waals surface area contributed by atoms with Crippen LogP contribution in [0, 0.1) is 0 Å². The fourth-order valence-electron chi connectivity index (χ4n) is 3.55. The zero-order valence-corrected chi connectivity index (χ0v) is 16.5. The van der Waals surface area contributed by atoms with Crippen LogP contribution < -0.4 is 11.1 Å². The van der Waals surface area contributed by atoms with Crippen LogP contribution in [0.2, 0.25) is 0 Å². The van der Waals surface area contributed by atoms with Gasteiger partial charge in [-0.15, -0.1) is 12.4 Å². The number of nitrogens with two attached hydrogens (primary N) is 1. The molecular formula is C22H27ClN2O2. The van der Waals surface area contributed by atoms with Gasteiger partial charge in [0.2, 0.25) is 5.91 Å². The number of carbonyl (C=O) groups is 2. The molecule has 0 fully saturated rings. The smallest absolute Gasteiger partial charge is 0.220 e. The van der Waals surface area contributed by atoms with Crippen molar-refractivity contribution in [3.8, 4) is 0 Å². The molecule has 0 heterocycles. The minimum Gasteiger partial charge on any atom is -0.399 e. The molecule has 27 heavy (non-hydrogen) atoms. The second-order valence-corrected chi connectivity index (χ2v) is 6.94. The first-order chi connectivity index (χ1) is 12.6. The van der Waals surface area contributed by atoms with Gasteiger partial charge in [-0.3, -0.25) is 9.59 Å². The molecule has 1 aliphatic carbocycles. The summed E-state index contributed by atoms with van der Waals surface area (Å²) in [5.41, 5.74) is 10.9. The topological polar surface area (TPSA) is 72.2 Å². The summed E-state index contributed by atoms with van der Waals surface area (Å²) in [5.74, 6) is -0.0576. The predicted molar refractivity (Wildman–Crippen MR) is 111 cm³/mol. The molecule has 1 atom stereocenters. The molecule has 1 unspecified atom stereocenters. The predicted octanol–water partition coefficient (Wildman–Crippen LogP) is 4.41. The number of nitrogens with one attached hydrogen (secondary N) is 1. The number of anilines is 1. The Bertz CT molecular complexity index is 802. The summed E-state index contributed by atoms with van der Waals surface area (Å²) in [6.45, 7) is 2.08. The third-order valence-electron chi connectivity index (χ3n) is 5.08. The number of ketones is 1. The quantitative estimate of drug-likeness (QED) is 0.570. The first-order valence-corrected chi connectivity index (χ1v) is 9.36. The number of hydrogen-bond donors (Lipinski definition) is 2. The van der Waals surface area contributed by atoms with Crippen LogP contribution >= 0.6 is 12.4 Å². The van der Waals surface area contributed by atoms with Crippen LogP contribution in [0.5, 0.6) is 0 Å². The molecule has 0 saturated carbocycles. The number of carbonyl (C=O) groups excluding carboxylic acids is 2. The summed E-state index contributed by atoms with van der Waals surface area (Å²) in [6, 6.07) is 13.5. The van der Waals surface area contributed by atoms with Crippen molar-refractivity contribution >= 4 is 29.8 Å². The van der Waals surface area contributed by atoms with Gasteiger partial charge in [0.05, 0.1) is 6.04 Å². The number of rotatable bonds is 6. The second-order valence-electron chi connectivity index (χ2n) is 6.94. The van der Waals surface area contributed by atoms with Crippen molar-refractivity contribution < 1.29 is 9.59 Å². The van der Waals surface area contributed by atoms with Crippen LogP contribution in [0.15, 0.2) is 42.5 Å². The lowest BCUT2D eigenvalue weighted by molar-refractivity contribution is -0.121. The van der Waals surface area contributed by atoms with E-state index in [9.17, 15) is 9.59 Å². The zero-order valence-electron chi connectivity index (χ0n) is 15.7. The molecule has 144 valence electrons. The number of amides is 1. The molecule has 0 spiro atoms. The van der Waals surface area contributed by atoms with Gasteiger partial charge in [0.15, 0.2) is 5.78 Å². The molecule has 3 rings (SSSR count). The Morgan fingerprint density at radius 1 is 1.11 bits per heavy atom. The van der Waals surface area contributed by atoms with E-state index in [2.05, 4.69) is 12.2 Å². The average molecular weight is 387 g/mol. The highest BCUT2D eigenvalue weighted by atomic mass is 35.5. The van der Waals surface area contributed by atoms with Crippen molar-refractivity contribution in [1.29, 1.82) is 0 Å². The highest BCUT2D eigenvalue weighted by Crippen LogP contribution is 2.31. The van der Waals surface area contributed by atoms with Crippen molar-refractivity contribution in [1.82, 2.24) is 5.32 Å². The Balaban J connectivity index is 0.00000261. The van der Waals surface area contributed by atoms with Crippen LogP contribution in [0.3, 0.4) is 0 Å². The van der Waals surface area contributed by atoms with Crippen LogP contribution in [-0.2, 0) is 17.6 Å². The summed E-state index contributed by atoms with van der Waals surface area (Å²) >= 11 is 0. The summed E-state index contributed by atoms with van der Waals surface area (Å²) in [4.78, 5) is 24.6. The second kappa shape index (κ2) is 9.56. The maximum Gasteiger partial charge on any atom is 0.220 e. The maximum absolute atomic E-state index is 12.3. The number of Topliss-reactive ketones (excluding diaryl/α,β-unsaturated/α-hetero) is 1. The largest absolute Gasteiger partial charge is 0.399 e. The van der Waals surface area contributed by atoms with Crippen LogP contribution in [0.4, 0.5) is 5.69 Å². The highest BCUT2D eigenvalue weighted by molar-refractivity contribution is 5.98. The standard InChI is InChI=1S/C22H26N2O2.ClH/c1-2-15-6-8-16(9-7-15)21(25)12-13-22(26)24-20-5-3-4-17-14-18(23)10-11-19(17)20;/h6-11,14,20H,2-5,12-13,23H2,1H3,(H,24,26);1H. The van der Waals surface area contributed by atoms with Gasteiger partial charge in [-0.1, -0.05) is 37.3 Å². The van der Waals surface area contributed by atoms with Gasteiger partial charge in [-0.25, -0.2) is 0 Å². The fraction of sp³-hybridized carbons (Fsp3) is 0.364. The summed E-state index contributed by atoms with van der Waals surface area (Å²) in [7, 11) is 0. The number of halogens is 1. The molecule has 1 aliphatic rings. The monoisotopic (exact) mass is 386 g/mol. The van der Waals surface area contributed by atoms with E-state index in [-0.39, 0.29) is 43.0 Å². The van der Waals surface area contributed by atoms with E-state index >= 15 is 0 Å². The Kier molecular flexibility index (Phi) is 7.43. The average Bonchev–Trinajstić information content (AvgIpc) is 2.66. The summed E-state index contributed by atoms with van der Waals surface area (Å²) in [6.07, 6.45) is 4.36. The minimum atomic E-state index is -0.0711. The Labute approximate surface area is 166 Å². The lowest BCUT2D eigenvalue weighted by Crippen LogP contribution is -2.31. The van der Waals surface area contributed by atoms with Gasteiger partial charge >= 0.3 is 0 Å². The Hall–Kier alpha value is -2.33. The van der Waals surface area contributed by atoms with Gasteiger partial charge in [0, 0.05) is 24.1 Å². The fourth-order valence-corrected chi connectivity index (χ4v) is 3.55. The third-order valence-corrected chi connectivity index (χ3v) is 5.08. The molecule has 0 radical (unpaired) electrons. The summed E-state index contributed by atoms with van der Waals surface area (Å²) < 4.78 is 0. The molecular weight excluding hydrogens is 360 g/mol. The van der Waals surface area contributed by atoms with Gasteiger partial charge in [0.25, 0.3) is 0 Å². The molecule has 2 aromatic carbocycles. The van der Waals surface area contributed by atoms with E-state index in [0.717, 1.165) is 36.9 Å². The van der Waals surface area contributed by atoms with Crippen LogP contribution in [0.1, 0.15) is 65.7 Å². The summed E-state index contributed by atoms with van der Waals surface area (Å²) in [5, 5.41) is 3.09. The first kappa shape index (κ1) is 21.0. The molecule has 0 aromatic heterocycles. The third kappa shape index (κ3) is 5.33. The molecule has 3 N–H and O–H groups in total. The normalized spacial score (nSPS) is 15.4. The van der Waals surface area contributed by atoms with E-state index in [1.54, 1.807) is 0 Å². The number of aryl methyl sites for hydroxylation is 2. The molecule has 4 nitrogen and oxygen atoms in total. The minimum absolute atomic E-state index is 0. The van der Waals surface area contributed by atoms with Gasteiger partial charge < -0.3 is 11.1 Å². The van der Waals surface area contributed by atoms with Crippen LogP contribution in [0.25, 0.3) is 0 Å². The van der Waals surface area contributed by atoms with Crippen LogP contribution in [-0.4, -0.2) is 11.7 Å². The molecule has 1 amide bonds. The molecule has 5 heteroatoms. The van der Waals surface area contributed by atoms with E-state index in [0.29, 0.717) is 5.56 Å². The van der Waals surface area contributed by atoms with Crippen molar-refractivity contribution in [2.45, 2.75) is 51.5 Å². The van der Waals surface area contributed by atoms with Crippen molar-refractivity contribution in [2.75, 3.05) is 5.73 Å². The van der Waals surface area contributed by atoms with Crippen molar-refractivity contribution in [3.05, 3.63) is 64.7 Å². The van der Waals surface area contributed by atoms with E-state index < -0.39 is 0 Å². The molecule has 0 bridgehead atoms. The number of fused-ring (bicyclic) bond motifs is 1. The van der Waals surface area contributed by atoms with E-state index in [1.165, 1.54) is 11.1 Å². The van der Waals surface area contributed by atoms with E-state index in [4.69, 9.17) is 5.73 Å². The maximum atomic E-state index is 12.3. The number of hydrogen-bond acceptors (Lipinski definition) is 3. The Morgan fingerprint density at radius 3 is 2.56 bits per heavy atom. The lowest BCUT2D eigenvalue weighted by atomic mass is 9.87.